The van der Waals surface area contributed by atoms with Crippen LogP contribution in [-0.4, -0.2) is 43.0 Å². The first-order valence-corrected chi connectivity index (χ1v) is 11.5. The van der Waals surface area contributed by atoms with Crippen molar-refractivity contribution in [2.45, 2.75) is 25.7 Å². The number of ether oxygens (including phenoxy) is 1. The first-order valence-electron chi connectivity index (χ1n) is 10.1. The second kappa shape index (κ2) is 9.79. The van der Waals surface area contributed by atoms with Crippen molar-refractivity contribution < 1.29 is 44.3 Å². The molecule has 3 rings (SSSR count). The predicted molar refractivity (Wildman–Crippen MR) is 116 cm³/mol. The number of carbonyl (C=O) groups is 1. The number of aromatic nitrogens is 1. The molecule has 1 N–H and O–H groups in total. The lowest BCUT2D eigenvalue weighted by Crippen LogP contribution is -2.39. The molecular weight excluding hydrogens is 518 g/mol. The highest BCUT2D eigenvalue weighted by Crippen LogP contribution is 2.37. The van der Waals surface area contributed by atoms with Crippen molar-refractivity contribution in [2.75, 3.05) is 19.0 Å². The van der Waals surface area contributed by atoms with Crippen LogP contribution in [0.15, 0.2) is 52.6 Å². The number of amides is 1. The van der Waals surface area contributed by atoms with Crippen LogP contribution in [0.25, 0.3) is 0 Å². The Kier molecular flexibility index (Phi) is 7.34. The first kappa shape index (κ1) is 27.0. The van der Waals surface area contributed by atoms with E-state index >= 15 is 0 Å². The van der Waals surface area contributed by atoms with Gasteiger partial charge in [0.1, 0.15) is 23.0 Å². The van der Waals surface area contributed by atoms with E-state index in [2.05, 4.69) is 14.7 Å². The molecule has 194 valence electrons. The number of hydrogen-bond donors (Lipinski definition) is 1. The van der Waals surface area contributed by atoms with Crippen LogP contribution in [0.1, 0.15) is 30.2 Å². The van der Waals surface area contributed by atoms with E-state index in [-0.39, 0.29) is 18.5 Å². The summed E-state index contributed by atoms with van der Waals surface area (Å²) in [7, 11) is -3.56. The molecule has 0 bridgehead atoms. The lowest BCUT2D eigenvalue weighted by atomic mass is 10.0. The van der Waals surface area contributed by atoms with E-state index in [0.717, 1.165) is 37.5 Å². The quantitative estimate of drug-likeness (QED) is 0.552. The summed E-state index contributed by atoms with van der Waals surface area (Å²) < 4.78 is 114. The van der Waals surface area contributed by atoms with Gasteiger partial charge in [0.15, 0.2) is 0 Å². The number of alkyl halides is 6. The Morgan fingerprint density at radius 3 is 2.36 bits per heavy atom. The molecule has 1 amide bonds. The highest BCUT2D eigenvalue weighted by atomic mass is 32.2. The minimum absolute atomic E-state index is 0.220. The zero-order chi connectivity index (χ0) is 26.9. The SMILES string of the molecule is CCCN1C(C(=O)Nc2cccc(C(F)(F)F)n2)=CC(c2ccc(OC)c(C(F)(F)F)c2)=NS1(=O)=O. The largest absolute Gasteiger partial charge is 0.496 e. The number of pyridine rings is 1. The number of hydrogen-bond acceptors (Lipinski definition) is 5. The fourth-order valence-corrected chi connectivity index (χ4v) is 4.51. The molecule has 0 saturated heterocycles. The molecule has 0 unspecified atom stereocenters. The molecule has 0 aliphatic carbocycles. The average Bonchev–Trinajstić information content (AvgIpc) is 2.78. The normalized spacial score (nSPS) is 15.7. The maximum Gasteiger partial charge on any atom is 0.433 e. The summed E-state index contributed by atoms with van der Waals surface area (Å²) in [4.78, 5) is 16.2. The molecule has 2 aromatic rings. The van der Waals surface area contributed by atoms with Crippen molar-refractivity contribution in [1.82, 2.24) is 9.29 Å². The third-order valence-corrected chi connectivity index (χ3v) is 6.14. The number of nitrogens with one attached hydrogen (secondary N) is 1. The number of carbonyl (C=O) groups excluding carboxylic acids is 1. The zero-order valence-corrected chi connectivity index (χ0v) is 19.4. The number of benzene rings is 1. The van der Waals surface area contributed by atoms with E-state index in [4.69, 9.17) is 4.74 Å². The Hall–Kier alpha value is -3.62. The second-order valence-electron chi connectivity index (χ2n) is 7.33. The smallest absolute Gasteiger partial charge is 0.433 e. The van der Waals surface area contributed by atoms with Crippen molar-refractivity contribution in [3.05, 3.63) is 65.0 Å². The van der Waals surface area contributed by atoms with Gasteiger partial charge in [0.2, 0.25) is 0 Å². The molecule has 0 saturated carbocycles. The Balaban J connectivity index is 2.07. The van der Waals surface area contributed by atoms with Crippen molar-refractivity contribution >= 4 is 27.6 Å². The predicted octanol–water partition coefficient (Wildman–Crippen LogP) is 4.41. The molecule has 15 heteroatoms. The topological polar surface area (TPSA) is 101 Å². The van der Waals surface area contributed by atoms with Gasteiger partial charge in [-0.1, -0.05) is 13.0 Å². The second-order valence-corrected chi connectivity index (χ2v) is 8.85. The van der Waals surface area contributed by atoms with Crippen LogP contribution >= 0.6 is 0 Å². The summed E-state index contributed by atoms with van der Waals surface area (Å²) in [5.74, 6) is -2.19. The van der Waals surface area contributed by atoms with E-state index in [1.165, 1.54) is 0 Å². The number of halogens is 6. The molecule has 0 spiro atoms. The average molecular weight is 536 g/mol. The van der Waals surface area contributed by atoms with E-state index < -0.39 is 62.7 Å². The van der Waals surface area contributed by atoms with Crippen molar-refractivity contribution in [2.24, 2.45) is 4.40 Å². The van der Waals surface area contributed by atoms with Crippen molar-refractivity contribution in [3.63, 3.8) is 0 Å². The van der Waals surface area contributed by atoms with Gasteiger partial charge in [0, 0.05) is 12.1 Å². The molecule has 8 nitrogen and oxygen atoms in total. The highest BCUT2D eigenvalue weighted by molar-refractivity contribution is 7.88. The van der Waals surface area contributed by atoms with Gasteiger partial charge in [0.25, 0.3) is 5.91 Å². The van der Waals surface area contributed by atoms with Crippen molar-refractivity contribution in [3.8, 4) is 5.75 Å². The summed E-state index contributed by atoms with van der Waals surface area (Å²) in [5.41, 5.74) is -3.84. The van der Waals surface area contributed by atoms with Gasteiger partial charge >= 0.3 is 22.6 Å². The van der Waals surface area contributed by atoms with Crippen LogP contribution in [0.5, 0.6) is 5.75 Å². The van der Waals surface area contributed by atoms with Gasteiger partial charge in [0.05, 0.1) is 18.4 Å². The monoisotopic (exact) mass is 536 g/mol. The molecule has 1 aliphatic heterocycles. The zero-order valence-electron chi connectivity index (χ0n) is 18.6. The molecule has 0 radical (unpaired) electrons. The summed E-state index contributed by atoms with van der Waals surface area (Å²) in [6, 6.07) is 5.43. The van der Waals surface area contributed by atoms with E-state index in [9.17, 15) is 39.6 Å². The fourth-order valence-electron chi connectivity index (χ4n) is 3.21. The van der Waals surface area contributed by atoms with Crippen LogP contribution < -0.4 is 10.1 Å². The van der Waals surface area contributed by atoms with Crippen LogP contribution in [0, 0.1) is 0 Å². The molecule has 1 aliphatic rings. The van der Waals surface area contributed by atoms with Crippen LogP contribution in [0.2, 0.25) is 0 Å². The standard InChI is InChI=1S/C21H18F6N4O4S/c1-3-9-31-15(19(32)29-18-6-4-5-17(28-18)21(25,26)27)11-14(30-36(31,33)34)12-7-8-16(35-2)13(10-12)20(22,23)24/h4-8,10-11H,3,9H2,1-2H3,(H,28,29,32). The maximum absolute atomic E-state index is 13.4. The Morgan fingerprint density at radius 1 is 1.08 bits per heavy atom. The molecule has 0 atom stereocenters. The summed E-state index contributed by atoms with van der Waals surface area (Å²) in [6.45, 7) is 1.36. The van der Waals surface area contributed by atoms with Gasteiger partial charge in [-0.3, -0.25) is 4.79 Å². The minimum atomic E-state index is -4.84. The van der Waals surface area contributed by atoms with Gasteiger partial charge < -0.3 is 10.1 Å². The fraction of sp³-hybridized carbons (Fsp3) is 0.286. The number of allylic oxidation sites excluding steroid dienone is 1. The third-order valence-electron chi connectivity index (χ3n) is 4.78. The van der Waals surface area contributed by atoms with Crippen LogP contribution in [0.4, 0.5) is 32.2 Å². The maximum atomic E-state index is 13.4. The third kappa shape index (κ3) is 5.78. The molecule has 0 fully saturated rings. The number of methoxy groups -OCH3 is 1. The van der Waals surface area contributed by atoms with E-state index in [1.807, 2.05) is 0 Å². The van der Waals surface area contributed by atoms with Gasteiger partial charge in [-0.25, -0.2) is 9.29 Å². The van der Waals surface area contributed by atoms with Crippen molar-refractivity contribution in [1.29, 1.82) is 0 Å². The summed E-state index contributed by atoms with van der Waals surface area (Å²) >= 11 is 0. The number of rotatable bonds is 6. The highest BCUT2D eigenvalue weighted by Gasteiger charge is 2.37. The molecule has 36 heavy (non-hydrogen) atoms. The number of nitrogens with zero attached hydrogens (tertiary/aromatic N) is 3. The Bertz CT molecular complexity index is 1340. The number of anilines is 1. The van der Waals surface area contributed by atoms with Crippen LogP contribution in [-0.2, 0) is 27.4 Å². The first-order chi connectivity index (χ1) is 16.7. The van der Waals surface area contributed by atoms with E-state index in [0.29, 0.717) is 16.4 Å². The Labute approximate surface area is 201 Å². The lowest BCUT2D eigenvalue weighted by Gasteiger charge is -2.27. The van der Waals surface area contributed by atoms with Crippen LogP contribution in [0.3, 0.4) is 0 Å². The minimum Gasteiger partial charge on any atom is -0.496 e. The Morgan fingerprint density at radius 2 is 1.78 bits per heavy atom. The van der Waals surface area contributed by atoms with Gasteiger partial charge in [-0.15, -0.1) is 4.40 Å². The summed E-state index contributed by atoms with van der Waals surface area (Å²) in [5, 5.41) is 2.10. The molecule has 2 heterocycles. The van der Waals surface area contributed by atoms with Gasteiger partial charge in [-0.05, 0) is 42.8 Å². The summed E-state index contributed by atoms with van der Waals surface area (Å²) in [6.07, 6.45) is -8.49. The van der Waals surface area contributed by atoms with Gasteiger partial charge in [-0.2, -0.15) is 34.8 Å². The molecule has 1 aromatic heterocycles. The lowest BCUT2D eigenvalue weighted by molar-refractivity contribution is -0.141. The molecular formula is C21H18F6N4O4S. The van der Waals surface area contributed by atoms with E-state index in [1.54, 1.807) is 6.92 Å². The molecule has 1 aromatic carbocycles.